The van der Waals surface area contributed by atoms with Crippen LogP contribution in [0.2, 0.25) is 0 Å². The average molecular weight is 120 g/mol. The summed E-state index contributed by atoms with van der Waals surface area (Å²) in [6, 6.07) is 0. The molecule has 0 rings (SSSR count). The van der Waals surface area contributed by atoms with Crippen LogP contribution in [0.25, 0.3) is 0 Å². The third-order valence-electron chi connectivity index (χ3n) is 0.523. The SMILES string of the molecule is C.CC(C)(O)C(=O)O. The summed E-state index contributed by atoms with van der Waals surface area (Å²) in [6.45, 7) is 2.44. The standard InChI is InChI=1S/C4H8O3.CH4/c1-4(2,7)3(5)6;/h7H,1-2H3,(H,5,6);1H4. The minimum absolute atomic E-state index is 0. The van der Waals surface area contributed by atoms with Crippen LogP contribution in [0.1, 0.15) is 21.3 Å². The van der Waals surface area contributed by atoms with E-state index in [9.17, 15) is 4.79 Å². The number of carbonyl (C=O) groups is 1. The number of carboxylic acid groups (broad SMARTS) is 1. The van der Waals surface area contributed by atoms with E-state index in [0.29, 0.717) is 0 Å². The molecule has 0 unspecified atom stereocenters. The molecule has 0 aromatic rings. The molecule has 0 atom stereocenters. The predicted molar refractivity (Wildman–Crippen MR) is 30.7 cm³/mol. The second-order valence-electron chi connectivity index (χ2n) is 1.86. The van der Waals surface area contributed by atoms with Crippen molar-refractivity contribution in [2.45, 2.75) is 26.9 Å². The molecule has 0 amide bonds. The van der Waals surface area contributed by atoms with E-state index in [1.165, 1.54) is 13.8 Å². The van der Waals surface area contributed by atoms with Gasteiger partial charge in [0.15, 0.2) is 5.60 Å². The Bertz CT molecular complexity index is 80.2. The van der Waals surface area contributed by atoms with Gasteiger partial charge in [-0.15, -0.1) is 0 Å². The zero-order chi connectivity index (χ0) is 6.08. The maximum Gasteiger partial charge on any atom is 0.335 e. The van der Waals surface area contributed by atoms with Gasteiger partial charge in [0.1, 0.15) is 0 Å². The summed E-state index contributed by atoms with van der Waals surface area (Å²) < 4.78 is 0. The molecule has 0 aliphatic carbocycles. The molecule has 0 aromatic carbocycles. The fourth-order valence-electron chi connectivity index (χ4n) is 0. The third-order valence-corrected chi connectivity index (χ3v) is 0.523. The van der Waals surface area contributed by atoms with Gasteiger partial charge < -0.3 is 10.2 Å². The summed E-state index contributed by atoms with van der Waals surface area (Å²) in [5.74, 6) is -1.20. The van der Waals surface area contributed by atoms with E-state index in [2.05, 4.69) is 0 Å². The van der Waals surface area contributed by atoms with Crippen molar-refractivity contribution in [2.75, 3.05) is 0 Å². The molecule has 8 heavy (non-hydrogen) atoms. The predicted octanol–water partition coefficient (Wildman–Crippen LogP) is 0.478. The van der Waals surface area contributed by atoms with Gasteiger partial charge in [-0.1, -0.05) is 7.43 Å². The fourth-order valence-corrected chi connectivity index (χ4v) is 0. The maximum absolute atomic E-state index is 9.77. The monoisotopic (exact) mass is 120 g/mol. The number of aliphatic hydroxyl groups is 1. The van der Waals surface area contributed by atoms with E-state index in [1.54, 1.807) is 0 Å². The van der Waals surface area contributed by atoms with Crippen molar-refractivity contribution in [3.8, 4) is 0 Å². The van der Waals surface area contributed by atoms with Gasteiger partial charge in [-0.25, -0.2) is 4.79 Å². The lowest BCUT2D eigenvalue weighted by Gasteiger charge is -2.07. The van der Waals surface area contributed by atoms with Gasteiger partial charge in [0.25, 0.3) is 0 Å². The molecule has 0 fully saturated rings. The van der Waals surface area contributed by atoms with Crippen LogP contribution in [0.4, 0.5) is 0 Å². The zero-order valence-corrected chi connectivity index (χ0v) is 4.30. The summed E-state index contributed by atoms with van der Waals surface area (Å²) >= 11 is 0. The Morgan fingerprint density at radius 2 is 1.62 bits per heavy atom. The highest BCUT2D eigenvalue weighted by atomic mass is 16.4. The van der Waals surface area contributed by atoms with Gasteiger partial charge in [0.05, 0.1) is 0 Å². The van der Waals surface area contributed by atoms with Crippen LogP contribution in [0.15, 0.2) is 0 Å². The van der Waals surface area contributed by atoms with Crippen LogP contribution >= 0.6 is 0 Å². The molecule has 2 N–H and O–H groups in total. The summed E-state index contributed by atoms with van der Waals surface area (Å²) in [7, 11) is 0. The smallest absolute Gasteiger partial charge is 0.335 e. The number of hydrogen-bond acceptors (Lipinski definition) is 2. The molecule has 50 valence electrons. The van der Waals surface area contributed by atoms with Crippen molar-refractivity contribution in [3.05, 3.63) is 0 Å². The molecule has 0 bridgehead atoms. The number of rotatable bonds is 1. The van der Waals surface area contributed by atoms with Crippen LogP contribution in [0.5, 0.6) is 0 Å². The highest BCUT2D eigenvalue weighted by Gasteiger charge is 2.21. The van der Waals surface area contributed by atoms with E-state index in [-0.39, 0.29) is 7.43 Å². The van der Waals surface area contributed by atoms with Crippen molar-refractivity contribution < 1.29 is 15.0 Å². The Morgan fingerprint density at radius 3 is 1.62 bits per heavy atom. The largest absolute Gasteiger partial charge is 0.479 e. The molecule has 0 aromatic heterocycles. The van der Waals surface area contributed by atoms with Gasteiger partial charge in [-0.2, -0.15) is 0 Å². The first-order valence-corrected chi connectivity index (χ1v) is 1.90. The van der Waals surface area contributed by atoms with Crippen LogP contribution in [0.3, 0.4) is 0 Å². The number of aliphatic carboxylic acids is 1. The topological polar surface area (TPSA) is 57.5 Å². The molecule has 0 radical (unpaired) electrons. The Morgan fingerprint density at radius 1 is 1.50 bits per heavy atom. The van der Waals surface area contributed by atoms with Crippen LogP contribution in [0, 0.1) is 0 Å². The lowest BCUT2D eigenvalue weighted by molar-refractivity contribution is -0.154. The van der Waals surface area contributed by atoms with Crippen molar-refractivity contribution in [2.24, 2.45) is 0 Å². The Kier molecular flexibility index (Phi) is 3.47. The first-order chi connectivity index (χ1) is 2.94. The van der Waals surface area contributed by atoms with Gasteiger partial charge >= 0.3 is 5.97 Å². The summed E-state index contributed by atoms with van der Waals surface area (Å²) in [5.41, 5.74) is -1.58. The molecule has 3 nitrogen and oxygen atoms in total. The lowest BCUT2D eigenvalue weighted by atomic mass is 10.1. The molecule has 0 saturated heterocycles. The Balaban J connectivity index is 0. The van der Waals surface area contributed by atoms with Crippen molar-refractivity contribution >= 4 is 5.97 Å². The Labute approximate surface area is 49.0 Å². The van der Waals surface area contributed by atoms with Crippen LogP contribution in [-0.4, -0.2) is 21.8 Å². The fraction of sp³-hybridized carbons (Fsp3) is 0.800. The van der Waals surface area contributed by atoms with E-state index >= 15 is 0 Å². The molecular weight excluding hydrogens is 108 g/mol. The summed E-state index contributed by atoms with van der Waals surface area (Å²) in [4.78, 5) is 9.77. The highest BCUT2D eigenvalue weighted by Crippen LogP contribution is 1.97. The van der Waals surface area contributed by atoms with Crippen LogP contribution in [-0.2, 0) is 4.79 Å². The van der Waals surface area contributed by atoms with Crippen molar-refractivity contribution in [1.82, 2.24) is 0 Å². The van der Waals surface area contributed by atoms with Gasteiger partial charge in [0.2, 0.25) is 0 Å². The first-order valence-electron chi connectivity index (χ1n) is 1.90. The molecule has 0 heterocycles. The summed E-state index contributed by atoms with van der Waals surface area (Å²) in [5, 5.41) is 16.5. The average Bonchev–Trinajstić information content (AvgIpc) is 1.31. The molecular formula is C5H12O3. The number of carboxylic acids is 1. The van der Waals surface area contributed by atoms with Crippen molar-refractivity contribution in [1.29, 1.82) is 0 Å². The molecule has 3 heteroatoms. The van der Waals surface area contributed by atoms with Crippen molar-refractivity contribution in [3.63, 3.8) is 0 Å². The lowest BCUT2D eigenvalue weighted by Crippen LogP contribution is -2.30. The quantitative estimate of drug-likeness (QED) is 0.529. The van der Waals surface area contributed by atoms with E-state index in [4.69, 9.17) is 10.2 Å². The second kappa shape index (κ2) is 2.67. The number of hydrogen-bond donors (Lipinski definition) is 2. The normalized spacial score (nSPS) is 9.88. The van der Waals surface area contributed by atoms with Gasteiger partial charge in [0, 0.05) is 0 Å². The first kappa shape index (κ1) is 10.4. The van der Waals surface area contributed by atoms with Crippen LogP contribution < -0.4 is 0 Å². The third kappa shape index (κ3) is 3.61. The van der Waals surface area contributed by atoms with E-state index < -0.39 is 11.6 Å². The molecule has 0 saturated carbocycles. The summed E-state index contributed by atoms with van der Waals surface area (Å²) in [6.07, 6.45) is 0. The highest BCUT2D eigenvalue weighted by molar-refractivity contribution is 5.75. The maximum atomic E-state index is 9.77. The van der Waals surface area contributed by atoms with E-state index in [0.717, 1.165) is 0 Å². The second-order valence-corrected chi connectivity index (χ2v) is 1.86. The molecule has 0 spiro atoms. The van der Waals surface area contributed by atoms with Gasteiger partial charge in [-0.3, -0.25) is 0 Å². The Hall–Kier alpha value is -0.570. The molecule has 0 aliphatic rings. The molecule has 0 aliphatic heterocycles. The minimum atomic E-state index is -1.58. The van der Waals surface area contributed by atoms with Gasteiger partial charge in [-0.05, 0) is 13.8 Å². The minimum Gasteiger partial charge on any atom is -0.479 e. The van der Waals surface area contributed by atoms with E-state index in [1.807, 2.05) is 0 Å². The zero-order valence-electron chi connectivity index (χ0n) is 4.30.